The molecule has 1 aromatic carbocycles. The van der Waals surface area contributed by atoms with Crippen molar-refractivity contribution in [2.45, 2.75) is 38.9 Å². The summed E-state index contributed by atoms with van der Waals surface area (Å²) in [6.45, 7) is 7.00. The smallest absolute Gasteiger partial charge is 0.313 e. The molecule has 0 aliphatic heterocycles. The van der Waals surface area contributed by atoms with Crippen molar-refractivity contribution in [2.24, 2.45) is 0 Å². The number of carbonyl (C=O) groups is 1. The molecular formula is C15H19N3O2S. The molecule has 1 heterocycles. The lowest BCUT2D eigenvalue weighted by atomic mass is 10.0. The number of aryl methyl sites for hydroxylation is 1. The van der Waals surface area contributed by atoms with Crippen LogP contribution in [0.25, 0.3) is 11.4 Å². The zero-order valence-corrected chi connectivity index (χ0v) is 13.3. The minimum absolute atomic E-state index is 0.00531. The van der Waals surface area contributed by atoms with Crippen LogP contribution in [0.1, 0.15) is 24.5 Å². The van der Waals surface area contributed by atoms with Gasteiger partial charge in [-0.3, -0.25) is 4.79 Å². The van der Waals surface area contributed by atoms with Gasteiger partial charge in [0.2, 0.25) is 0 Å². The van der Waals surface area contributed by atoms with Crippen LogP contribution in [0, 0.1) is 13.8 Å². The quantitative estimate of drug-likeness (QED) is 0.830. The van der Waals surface area contributed by atoms with E-state index >= 15 is 0 Å². The maximum absolute atomic E-state index is 10.7. The molecule has 112 valence electrons. The molecule has 5 nitrogen and oxygen atoms in total. The summed E-state index contributed by atoms with van der Waals surface area (Å²) in [6, 6.07) is 6.11. The van der Waals surface area contributed by atoms with Gasteiger partial charge >= 0.3 is 5.97 Å². The Bertz CT molecular complexity index is 652. The number of hydrogen-bond donors (Lipinski definition) is 1. The van der Waals surface area contributed by atoms with Crippen LogP contribution in [-0.4, -0.2) is 31.6 Å². The van der Waals surface area contributed by atoms with Crippen molar-refractivity contribution < 1.29 is 9.90 Å². The molecule has 2 rings (SSSR count). The normalized spacial score (nSPS) is 10.8. The number of hydrogen-bond acceptors (Lipinski definition) is 4. The molecule has 0 amide bonds. The Morgan fingerprint density at radius 3 is 2.76 bits per heavy atom. The van der Waals surface area contributed by atoms with Gasteiger partial charge in [0.05, 0.1) is 5.75 Å². The summed E-state index contributed by atoms with van der Waals surface area (Å²) < 4.78 is 2.01. The highest BCUT2D eigenvalue weighted by molar-refractivity contribution is 7.99. The fraction of sp³-hybridized carbons (Fsp3) is 0.400. The monoisotopic (exact) mass is 305 g/mol. The van der Waals surface area contributed by atoms with Crippen LogP contribution in [0.5, 0.6) is 0 Å². The summed E-state index contributed by atoms with van der Waals surface area (Å²) in [7, 11) is 0. The van der Waals surface area contributed by atoms with Gasteiger partial charge in [0.1, 0.15) is 0 Å². The molecule has 0 radical (unpaired) electrons. The van der Waals surface area contributed by atoms with E-state index in [9.17, 15) is 4.79 Å². The maximum Gasteiger partial charge on any atom is 0.313 e. The summed E-state index contributed by atoms with van der Waals surface area (Å²) in [4.78, 5) is 10.7. The van der Waals surface area contributed by atoms with E-state index in [2.05, 4.69) is 37.0 Å². The molecule has 0 saturated heterocycles. The van der Waals surface area contributed by atoms with E-state index in [1.165, 1.54) is 22.9 Å². The highest BCUT2D eigenvalue weighted by atomic mass is 32.2. The Morgan fingerprint density at radius 2 is 2.10 bits per heavy atom. The number of carboxylic acids is 1. The van der Waals surface area contributed by atoms with Crippen LogP contribution in [0.2, 0.25) is 0 Å². The summed E-state index contributed by atoms with van der Waals surface area (Å²) in [5.41, 5.74) is 3.44. The lowest BCUT2D eigenvalue weighted by Gasteiger charge is -2.11. The van der Waals surface area contributed by atoms with Gasteiger partial charge in [-0.15, -0.1) is 10.2 Å². The number of nitrogens with zero attached hydrogens (tertiary/aromatic N) is 3. The lowest BCUT2D eigenvalue weighted by Crippen LogP contribution is -2.05. The number of rotatable bonds is 6. The number of aliphatic carboxylic acids is 1. The molecule has 0 unspecified atom stereocenters. The highest BCUT2D eigenvalue weighted by Gasteiger charge is 2.16. The molecule has 2 aromatic rings. The molecular weight excluding hydrogens is 286 g/mol. The van der Waals surface area contributed by atoms with Gasteiger partial charge < -0.3 is 9.67 Å². The molecule has 0 aliphatic carbocycles. The van der Waals surface area contributed by atoms with E-state index in [0.29, 0.717) is 5.16 Å². The van der Waals surface area contributed by atoms with Crippen molar-refractivity contribution >= 4 is 17.7 Å². The first-order valence-corrected chi connectivity index (χ1v) is 7.87. The van der Waals surface area contributed by atoms with Crippen molar-refractivity contribution in [1.82, 2.24) is 14.8 Å². The Balaban J connectivity index is 2.43. The minimum Gasteiger partial charge on any atom is -0.481 e. The maximum atomic E-state index is 10.7. The standard InChI is InChI=1S/C15H19N3O2S/c1-4-8-18-14(12-7-5-6-10(2)11(12)3)16-17-15(18)21-9-13(19)20/h5-7H,4,8-9H2,1-3H3,(H,19,20). The summed E-state index contributed by atoms with van der Waals surface area (Å²) in [5, 5.41) is 17.9. The van der Waals surface area contributed by atoms with Crippen LogP contribution >= 0.6 is 11.8 Å². The SMILES string of the molecule is CCCn1c(SCC(=O)O)nnc1-c1cccc(C)c1C. The number of thioether (sulfide) groups is 1. The average Bonchev–Trinajstić information content (AvgIpc) is 2.83. The first-order valence-electron chi connectivity index (χ1n) is 6.89. The molecule has 21 heavy (non-hydrogen) atoms. The first-order chi connectivity index (χ1) is 10.0. The van der Waals surface area contributed by atoms with Gasteiger partial charge in [-0.2, -0.15) is 0 Å². The molecule has 0 fully saturated rings. The van der Waals surface area contributed by atoms with E-state index in [1.807, 2.05) is 16.7 Å². The Kier molecular flexibility index (Phi) is 5.01. The van der Waals surface area contributed by atoms with Crippen molar-refractivity contribution in [3.8, 4) is 11.4 Å². The van der Waals surface area contributed by atoms with Crippen molar-refractivity contribution in [1.29, 1.82) is 0 Å². The Hall–Kier alpha value is -1.82. The average molecular weight is 305 g/mol. The van der Waals surface area contributed by atoms with E-state index in [0.717, 1.165) is 24.4 Å². The molecule has 0 aliphatic rings. The van der Waals surface area contributed by atoms with Gasteiger partial charge in [0.15, 0.2) is 11.0 Å². The molecule has 1 N–H and O–H groups in total. The van der Waals surface area contributed by atoms with E-state index in [-0.39, 0.29) is 5.75 Å². The fourth-order valence-corrected chi connectivity index (χ4v) is 2.82. The third-order valence-electron chi connectivity index (χ3n) is 3.33. The molecule has 0 saturated carbocycles. The van der Waals surface area contributed by atoms with Crippen molar-refractivity contribution in [2.75, 3.05) is 5.75 Å². The van der Waals surface area contributed by atoms with Gasteiger partial charge in [-0.1, -0.05) is 36.9 Å². The Morgan fingerprint density at radius 1 is 1.33 bits per heavy atom. The third-order valence-corrected chi connectivity index (χ3v) is 4.29. The topological polar surface area (TPSA) is 68.0 Å². The molecule has 0 spiro atoms. The summed E-state index contributed by atoms with van der Waals surface area (Å²) in [5.74, 6) is -0.0421. The molecule has 1 aromatic heterocycles. The minimum atomic E-state index is -0.848. The predicted octanol–water partition coefficient (Wildman–Crippen LogP) is 3.15. The zero-order chi connectivity index (χ0) is 15.4. The predicted molar refractivity (Wildman–Crippen MR) is 83.6 cm³/mol. The van der Waals surface area contributed by atoms with Gasteiger partial charge in [-0.25, -0.2) is 0 Å². The second kappa shape index (κ2) is 6.76. The van der Waals surface area contributed by atoms with E-state index < -0.39 is 5.97 Å². The van der Waals surface area contributed by atoms with Crippen LogP contribution in [0.3, 0.4) is 0 Å². The number of carboxylic acid groups (broad SMARTS) is 1. The lowest BCUT2D eigenvalue weighted by molar-refractivity contribution is -0.133. The molecule has 6 heteroatoms. The van der Waals surface area contributed by atoms with Gasteiger partial charge in [-0.05, 0) is 31.4 Å². The Labute approximate surface area is 128 Å². The van der Waals surface area contributed by atoms with Gasteiger partial charge in [0.25, 0.3) is 0 Å². The third kappa shape index (κ3) is 3.44. The van der Waals surface area contributed by atoms with E-state index in [1.54, 1.807) is 0 Å². The van der Waals surface area contributed by atoms with E-state index in [4.69, 9.17) is 5.11 Å². The van der Waals surface area contributed by atoms with Crippen LogP contribution in [0.15, 0.2) is 23.4 Å². The van der Waals surface area contributed by atoms with Crippen molar-refractivity contribution in [3.63, 3.8) is 0 Å². The van der Waals surface area contributed by atoms with Crippen LogP contribution in [-0.2, 0) is 11.3 Å². The largest absolute Gasteiger partial charge is 0.481 e. The summed E-state index contributed by atoms with van der Waals surface area (Å²) >= 11 is 1.21. The second-order valence-electron chi connectivity index (χ2n) is 4.89. The number of benzene rings is 1. The van der Waals surface area contributed by atoms with Gasteiger partial charge in [0, 0.05) is 12.1 Å². The molecule has 0 atom stereocenters. The molecule has 0 bridgehead atoms. The first kappa shape index (κ1) is 15.6. The highest BCUT2D eigenvalue weighted by Crippen LogP contribution is 2.27. The fourth-order valence-electron chi connectivity index (χ4n) is 2.14. The number of aromatic nitrogens is 3. The zero-order valence-electron chi connectivity index (χ0n) is 12.5. The van der Waals surface area contributed by atoms with Crippen molar-refractivity contribution in [3.05, 3.63) is 29.3 Å². The van der Waals surface area contributed by atoms with Crippen LogP contribution < -0.4 is 0 Å². The van der Waals surface area contributed by atoms with Crippen LogP contribution in [0.4, 0.5) is 0 Å². The second-order valence-corrected chi connectivity index (χ2v) is 5.83. The summed E-state index contributed by atoms with van der Waals surface area (Å²) in [6.07, 6.45) is 0.941.